The first-order valence-electron chi connectivity index (χ1n) is 8.04. The molecule has 0 bridgehead atoms. The molecule has 2 aromatic carbocycles. The highest BCUT2D eigenvalue weighted by molar-refractivity contribution is 5.95. The third-order valence-corrected chi connectivity index (χ3v) is 4.55. The lowest BCUT2D eigenvalue weighted by Gasteiger charge is -2.22. The Morgan fingerprint density at radius 1 is 1.24 bits per heavy atom. The van der Waals surface area contributed by atoms with Gasteiger partial charge < -0.3 is 14.6 Å². The number of carbonyl (C=O) groups excluding carboxylic acids is 2. The summed E-state index contributed by atoms with van der Waals surface area (Å²) < 4.78 is 4.75. The zero-order chi connectivity index (χ0) is 17.6. The molecule has 1 amide bonds. The first kappa shape index (κ1) is 15.4. The topological polar surface area (TPSA) is 75.3 Å². The number of rotatable bonds is 2. The Bertz CT molecular complexity index is 992. The largest absolute Gasteiger partial charge is 0.465 e. The average molecular weight is 335 g/mol. The smallest absolute Gasteiger partial charge is 0.337 e. The predicted octanol–water partition coefficient (Wildman–Crippen LogP) is 3.00. The quantitative estimate of drug-likeness (QED) is 0.731. The minimum Gasteiger partial charge on any atom is -0.465 e. The van der Waals surface area contributed by atoms with E-state index in [1.165, 1.54) is 7.11 Å². The van der Waals surface area contributed by atoms with Crippen molar-refractivity contribution in [2.75, 3.05) is 12.0 Å². The van der Waals surface area contributed by atoms with E-state index < -0.39 is 5.97 Å². The van der Waals surface area contributed by atoms with Gasteiger partial charge in [0.25, 0.3) is 0 Å². The van der Waals surface area contributed by atoms with Gasteiger partial charge in [0.2, 0.25) is 5.91 Å². The molecular formula is C19H17N3O3. The van der Waals surface area contributed by atoms with Crippen LogP contribution in [0.4, 0.5) is 5.69 Å². The van der Waals surface area contributed by atoms with Gasteiger partial charge in [-0.3, -0.25) is 4.79 Å². The SMILES string of the molecule is COC(=O)c1ccc2[nH]c(C3Cc4ccccc4N3C(C)=O)nc2c1. The van der Waals surface area contributed by atoms with E-state index in [1.54, 1.807) is 30.0 Å². The van der Waals surface area contributed by atoms with Crippen molar-refractivity contribution in [1.82, 2.24) is 9.97 Å². The fourth-order valence-corrected chi connectivity index (χ4v) is 3.42. The summed E-state index contributed by atoms with van der Waals surface area (Å²) in [5.41, 5.74) is 4.00. The second kappa shape index (κ2) is 5.73. The van der Waals surface area contributed by atoms with Crippen LogP contribution in [0.15, 0.2) is 42.5 Å². The Kier molecular flexibility index (Phi) is 3.53. The molecule has 25 heavy (non-hydrogen) atoms. The number of esters is 1. The highest BCUT2D eigenvalue weighted by Gasteiger charge is 2.34. The van der Waals surface area contributed by atoms with Crippen LogP contribution in [0.1, 0.15) is 34.7 Å². The number of anilines is 1. The van der Waals surface area contributed by atoms with E-state index in [1.807, 2.05) is 24.3 Å². The number of ether oxygens (including phenoxy) is 1. The molecule has 4 rings (SSSR count). The Labute approximate surface area is 144 Å². The van der Waals surface area contributed by atoms with Gasteiger partial charge in [-0.1, -0.05) is 18.2 Å². The van der Waals surface area contributed by atoms with E-state index in [4.69, 9.17) is 4.74 Å². The number of carbonyl (C=O) groups is 2. The van der Waals surface area contributed by atoms with Gasteiger partial charge >= 0.3 is 5.97 Å². The van der Waals surface area contributed by atoms with Crippen molar-refractivity contribution in [2.45, 2.75) is 19.4 Å². The standard InChI is InChI=1S/C19H17N3O3/c1-11(23)22-16-6-4-3-5-12(16)10-17(22)18-20-14-8-7-13(19(24)25-2)9-15(14)21-18/h3-9,17H,10H2,1-2H3,(H,20,21). The van der Waals surface area contributed by atoms with Gasteiger partial charge in [-0.2, -0.15) is 0 Å². The van der Waals surface area contributed by atoms with E-state index >= 15 is 0 Å². The minimum absolute atomic E-state index is 0.0225. The molecule has 3 aromatic rings. The van der Waals surface area contributed by atoms with Crippen LogP contribution in [0.3, 0.4) is 0 Å². The maximum atomic E-state index is 12.2. The van der Waals surface area contributed by atoms with Crippen molar-refractivity contribution < 1.29 is 14.3 Å². The molecule has 0 aliphatic carbocycles. The molecule has 1 aliphatic heterocycles. The third-order valence-electron chi connectivity index (χ3n) is 4.55. The van der Waals surface area contributed by atoms with E-state index in [0.29, 0.717) is 23.3 Å². The van der Waals surface area contributed by atoms with Gasteiger partial charge in [-0.15, -0.1) is 0 Å². The second-order valence-electron chi connectivity index (χ2n) is 6.08. The Balaban J connectivity index is 1.77. The number of aromatic amines is 1. The monoisotopic (exact) mass is 335 g/mol. The number of imidazole rings is 1. The number of aromatic nitrogens is 2. The lowest BCUT2D eigenvalue weighted by Crippen LogP contribution is -2.30. The number of benzene rings is 2. The average Bonchev–Trinajstić information content (AvgIpc) is 3.21. The molecule has 1 aliphatic rings. The summed E-state index contributed by atoms with van der Waals surface area (Å²) in [6.45, 7) is 1.56. The molecule has 1 atom stereocenters. The molecule has 0 radical (unpaired) electrons. The van der Waals surface area contributed by atoms with E-state index in [0.717, 1.165) is 16.8 Å². The summed E-state index contributed by atoms with van der Waals surface area (Å²) in [5, 5.41) is 0. The maximum absolute atomic E-state index is 12.2. The van der Waals surface area contributed by atoms with Crippen molar-refractivity contribution in [1.29, 1.82) is 0 Å². The lowest BCUT2D eigenvalue weighted by atomic mass is 10.1. The van der Waals surface area contributed by atoms with Crippen LogP contribution < -0.4 is 4.90 Å². The Morgan fingerprint density at radius 3 is 2.80 bits per heavy atom. The van der Waals surface area contributed by atoms with Crippen molar-refractivity contribution in [2.24, 2.45) is 0 Å². The molecule has 6 nitrogen and oxygen atoms in total. The van der Waals surface area contributed by atoms with Gasteiger partial charge in [0.05, 0.1) is 29.7 Å². The normalized spacial score (nSPS) is 16.1. The summed E-state index contributed by atoms with van der Waals surface area (Å²) in [6.07, 6.45) is 0.708. The number of hydrogen-bond acceptors (Lipinski definition) is 4. The van der Waals surface area contributed by atoms with E-state index in [9.17, 15) is 9.59 Å². The number of amides is 1. The maximum Gasteiger partial charge on any atom is 0.337 e. The number of nitrogens with zero attached hydrogens (tertiary/aromatic N) is 2. The third kappa shape index (κ3) is 2.46. The Morgan fingerprint density at radius 2 is 2.04 bits per heavy atom. The molecule has 0 saturated heterocycles. The molecule has 0 saturated carbocycles. The van der Waals surface area contributed by atoms with Crippen molar-refractivity contribution in [3.63, 3.8) is 0 Å². The number of nitrogens with one attached hydrogen (secondary N) is 1. The number of methoxy groups -OCH3 is 1. The van der Waals surface area contributed by atoms with Crippen LogP contribution in [0.2, 0.25) is 0 Å². The molecular weight excluding hydrogens is 318 g/mol. The van der Waals surface area contributed by atoms with Crippen LogP contribution in [0.25, 0.3) is 11.0 Å². The molecule has 0 fully saturated rings. The van der Waals surface area contributed by atoms with E-state index in [2.05, 4.69) is 9.97 Å². The van der Waals surface area contributed by atoms with Crippen molar-refractivity contribution in [3.05, 3.63) is 59.4 Å². The summed E-state index contributed by atoms with van der Waals surface area (Å²) in [4.78, 5) is 33.6. The van der Waals surface area contributed by atoms with Crippen LogP contribution in [-0.2, 0) is 16.0 Å². The predicted molar refractivity (Wildman–Crippen MR) is 93.5 cm³/mol. The molecule has 126 valence electrons. The Hall–Kier alpha value is -3.15. The molecule has 1 unspecified atom stereocenters. The summed E-state index contributed by atoms with van der Waals surface area (Å²) in [5.74, 6) is 0.291. The number of hydrogen-bond donors (Lipinski definition) is 1. The summed E-state index contributed by atoms with van der Waals surface area (Å²) >= 11 is 0. The molecule has 6 heteroatoms. The van der Waals surface area contributed by atoms with Crippen LogP contribution in [-0.4, -0.2) is 29.0 Å². The van der Waals surface area contributed by atoms with E-state index in [-0.39, 0.29) is 11.9 Å². The number of fused-ring (bicyclic) bond motifs is 2. The zero-order valence-corrected chi connectivity index (χ0v) is 13.9. The van der Waals surface area contributed by atoms with Crippen LogP contribution in [0, 0.1) is 0 Å². The zero-order valence-electron chi connectivity index (χ0n) is 13.9. The fraction of sp³-hybridized carbons (Fsp3) is 0.211. The van der Waals surface area contributed by atoms with Crippen LogP contribution in [0.5, 0.6) is 0 Å². The van der Waals surface area contributed by atoms with Crippen molar-refractivity contribution in [3.8, 4) is 0 Å². The first-order valence-corrected chi connectivity index (χ1v) is 8.04. The fourth-order valence-electron chi connectivity index (χ4n) is 3.42. The van der Waals surface area contributed by atoms with Gasteiger partial charge in [-0.25, -0.2) is 9.78 Å². The number of H-pyrrole nitrogens is 1. The van der Waals surface area contributed by atoms with Gasteiger partial charge in [0.15, 0.2) is 0 Å². The van der Waals surface area contributed by atoms with Gasteiger partial charge in [0, 0.05) is 19.0 Å². The summed E-state index contributed by atoms with van der Waals surface area (Å²) in [6, 6.07) is 12.9. The van der Waals surface area contributed by atoms with Crippen LogP contribution >= 0.6 is 0 Å². The number of para-hydroxylation sites is 1. The second-order valence-corrected chi connectivity index (χ2v) is 6.08. The van der Waals surface area contributed by atoms with Gasteiger partial charge in [-0.05, 0) is 29.8 Å². The molecule has 1 N–H and O–H groups in total. The molecule has 2 heterocycles. The highest BCUT2D eigenvalue weighted by atomic mass is 16.5. The minimum atomic E-state index is -0.398. The lowest BCUT2D eigenvalue weighted by molar-refractivity contribution is -0.117. The highest BCUT2D eigenvalue weighted by Crippen LogP contribution is 2.39. The molecule has 0 spiro atoms. The molecule has 1 aromatic heterocycles. The van der Waals surface area contributed by atoms with Crippen molar-refractivity contribution >= 4 is 28.6 Å². The first-order chi connectivity index (χ1) is 12.1. The summed E-state index contributed by atoms with van der Waals surface area (Å²) in [7, 11) is 1.35. The van der Waals surface area contributed by atoms with Gasteiger partial charge in [0.1, 0.15) is 5.82 Å².